The lowest BCUT2D eigenvalue weighted by atomic mass is 10.0. The lowest BCUT2D eigenvalue weighted by Gasteiger charge is -2.23. The molecule has 1 unspecified atom stereocenters. The average molecular weight is 317 g/mol. The van der Waals surface area contributed by atoms with E-state index in [0.29, 0.717) is 0 Å². The molecule has 0 amide bonds. The third kappa shape index (κ3) is 4.29. The van der Waals surface area contributed by atoms with Gasteiger partial charge in [0.05, 0.1) is 14.2 Å². The molecule has 1 aromatic heterocycles. The summed E-state index contributed by atoms with van der Waals surface area (Å²) in [4.78, 5) is 31.8. The van der Waals surface area contributed by atoms with Gasteiger partial charge in [0.2, 0.25) is 0 Å². The van der Waals surface area contributed by atoms with Gasteiger partial charge in [-0.3, -0.25) is 9.59 Å². The maximum atomic E-state index is 12.3. The van der Waals surface area contributed by atoms with Crippen LogP contribution in [0.5, 0.6) is 5.75 Å². The number of hydrogen-bond donors (Lipinski definition) is 0. The number of carbonyl (C=O) groups is 2. The summed E-state index contributed by atoms with van der Waals surface area (Å²) in [7, 11) is 2.49. The Morgan fingerprint density at radius 1 is 1.19 bits per heavy atom. The minimum atomic E-state index is -1.40. The Hall–Kier alpha value is -1.89. The number of methoxy groups -OCH3 is 2. The fourth-order valence-electron chi connectivity index (χ4n) is 1.56. The van der Waals surface area contributed by atoms with Gasteiger partial charge < -0.3 is 14.2 Å². The molecule has 7 nitrogen and oxygen atoms in total. The fourth-order valence-corrected chi connectivity index (χ4v) is 1.77. The van der Waals surface area contributed by atoms with Crippen molar-refractivity contribution in [3.63, 3.8) is 0 Å². The van der Waals surface area contributed by atoms with Crippen LogP contribution in [0.25, 0.3) is 0 Å². The van der Waals surface area contributed by atoms with Crippen molar-refractivity contribution in [2.24, 2.45) is 0 Å². The molecule has 0 aliphatic carbocycles. The summed E-state index contributed by atoms with van der Waals surface area (Å²) in [6.45, 7) is 5.05. The number of nitrogens with zero attached hydrogens (tertiary/aromatic N) is 2. The predicted octanol–water partition coefficient (Wildman–Crippen LogP) is 1.74. The second kappa shape index (κ2) is 6.71. The molecular weight excluding hydrogens is 300 g/mol. The molecule has 0 aliphatic heterocycles. The molecule has 8 heteroatoms. The number of hydrogen-bond acceptors (Lipinski definition) is 7. The van der Waals surface area contributed by atoms with Crippen LogP contribution in [-0.2, 0) is 19.1 Å². The topological polar surface area (TPSA) is 87.6 Å². The highest BCUT2D eigenvalue weighted by atomic mass is 35.5. The summed E-state index contributed by atoms with van der Waals surface area (Å²) in [6.07, 6.45) is 1.13. The van der Waals surface area contributed by atoms with E-state index in [2.05, 4.69) is 14.7 Å². The number of halogens is 1. The van der Waals surface area contributed by atoms with Crippen molar-refractivity contribution in [2.75, 3.05) is 14.2 Å². The summed E-state index contributed by atoms with van der Waals surface area (Å²) in [5.41, 5.74) is -0.772. The molecule has 1 rings (SSSR count). The zero-order valence-electron chi connectivity index (χ0n) is 12.5. The summed E-state index contributed by atoms with van der Waals surface area (Å²) in [5.74, 6) is -3.00. The molecule has 1 aromatic rings. The van der Waals surface area contributed by atoms with E-state index >= 15 is 0 Å². The number of rotatable bonds is 4. The molecule has 0 bridgehead atoms. The van der Waals surface area contributed by atoms with E-state index in [1.165, 1.54) is 7.11 Å². The van der Waals surface area contributed by atoms with Gasteiger partial charge in [-0.15, -0.1) is 0 Å². The van der Waals surface area contributed by atoms with Crippen molar-refractivity contribution in [1.82, 2.24) is 9.97 Å². The van der Waals surface area contributed by atoms with Gasteiger partial charge in [0.1, 0.15) is 17.6 Å². The lowest BCUT2D eigenvalue weighted by Crippen LogP contribution is -2.32. The normalized spacial score (nSPS) is 12.5. The monoisotopic (exact) mass is 316 g/mol. The van der Waals surface area contributed by atoms with Crippen LogP contribution in [0.4, 0.5) is 0 Å². The molecule has 0 fully saturated rings. The molecule has 1 atom stereocenters. The SMILES string of the molecule is COC(=O)C(C(=O)OC(C)(C)C)c1ncnc(Cl)c1OC. The Morgan fingerprint density at radius 2 is 1.81 bits per heavy atom. The summed E-state index contributed by atoms with van der Waals surface area (Å²) in [6, 6.07) is 0. The van der Waals surface area contributed by atoms with Crippen molar-refractivity contribution in [1.29, 1.82) is 0 Å². The Balaban J connectivity index is 3.30. The van der Waals surface area contributed by atoms with E-state index in [9.17, 15) is 9.59 Å². The van der Waals surface area contributed by atoms with Gasteiger partial charge in [-0.05, 0) is 20.8 Å². The minimum absolute atomic E-state index is 0.00130. The molecule has 1 heterocycles. The quantitative estimate of drug-likeness (QED) is 0.475. The molecule has 0 aromatic carbocycles. The minimum Gasteiger partial charge on any atom is -0.492 e. The molecule has 0 spiro atoms. The number of ether oxygens (including phenoxy) is 3. The highest BCUT2D eigenvalue weighted by Crippen LogP contribution is 2.32. The van der Waals surface area contributed by atoms with Gasteiger partial charge in [-0.2, -0.15) is 0 Å². The Labute approximate surface area is 127 Å². The van der Waals surface area contributed by atoms with Crippen LogP contribution in [0, 0.1) is 0 Å². The first-order valence-electron chi connectivity index (χ1n) is 6.06. The van der Waals surface area contributed by atoms with Crippen LogP contribution >= 0.6 is 11.6 Å². The number of aromatic nitrogens is 2. The van der Waals surface area contributed by atoms with Gasteiger partial charge in [0, 0.05) is 0 Å². The third-order valence-corrected chi connectivity index (χ3v) is 2.61. The van der Waals surface area contributed by atoms with Crippen LogP contribution in [0.1, 0.15) is 32.4 Å². The first-order chi connectivity index (χ1) is 9.71. The standard InChI is InChI=1S/C13H17ClN2O5/c1-13(2,3)21-12(18)7(11(17)20-5)8-9(19-4)10(14)16-6-15-8/h6-7H,1-5H3. The van der Waals surface area contributed by atoms with E-state index in [1.54, 1.807) is 20.8 Å². The largest absolute Gasteiger partial charge is 0.492 e. The van der Waals surface area contributed by atoms with Crippen molar-refractivity contribution < 1.29 is 23.8 Å². The van der Waals surface area contributed by atoms with Crippen LogP contribution in [0.2, 0.25) is 5.15 Å². The first-order valence-corrected chi connectivity index (χ1v) is 6.44. The van der Waals surface area contributed by atoms with E-state index < -0.39 is 23.5 Å². The molecular formula is C13H17ClN2O5. The second-order valence-electron chi connectivity index (χ2n) is 5.07. The van der Waals surface area contributed by atoms with Gasteiger partial charge in [0.25, 0.3) is 0 Å². The Bertz CT molecular complexity index is 542. The van der Waals surface area contributed by atoms with Crippen LogP contribution in [-0.4, -0.2) is 41.7 Å². The van der Waals surface area contributed by atoms with E-state index in [4.69, 9.17) is 21.1 Å². The van der Waals surface area contributed by atoms with Crippen LogP contribution in [0.3, 0.4) is 0 Å². The van der Waals surface area contributed by atoms with Crippen LogP contribution < -0.4 is 4.74 Å². The molecule has 0 saturated heterocycles. The fraction of sp³-hybridized carbons (Fsp3) is 0.538. The zero-order valence-corrected chi connectivity index (χ0v) is 13.2. The van der Waals surface area contributed by atoms with E-state index in [1.807, 2.05) is 0 Å². The summed E-state index contributed by atoms with van der Waals surface area (Å²) in [5, 5.41) is -0.0139. The molecule has 21 heavy (non-hydrogen) atoms. The lowest BCUT2D eigenvalue weighted by molar-refractivity contribution is -0.163. The van der Waals surface area contributed by atoms with Crippen molar-refractivity contribution >= 4 is 23.5 Å². The van der Waals surface area contributed by atoms with Gasteiger partial charge in [0.15, 0.2) is 16.8 Å². The Kier molecular flexibility index (Phi) is 5.48. The maximum absolute atomic E-state index is 12.3. The number of carbonyl (C=O) groups excluding carboxylic acids is 2. The Morgan fingerprint density at radius 3 is 2.29 bits per heavy atom. The third-order valence-electron chi connectivity index (χ3n) is 2.34. The second-order valence-corrected chi connectivity index (χ2v) is 5.43. The highest BCUT2D eigenvalue weighted by Gasteiger charge is 2.38. The van der Waals surface area contributed by atoms with Crippen LogP contribution in [0.15, 0.2) is 6.33 Å². The summed E-state index contributed by atoms with van der Waals surface area (Å²) < 4.78 is 14.9. The molecule has 0 aliphatic rings. The first kappa shape index (κ1) is 17.2. The van der Waals surface area contributed by atoms with Gasteiger partial charge in [-0.1, -0.05) is 11.6 Å². The summed E-state index contributed by atoms with van der Waals surface area (Å²) >= 11 is 5.88. The molecule has 0 saturated carbocycles. The van der Waals surface area contributed by atoms with Crippen molar-refractivity contribution in [3.05, 3.63) is 17.2 Å². The molecule has 116 valence electrons. The molecule has 0 N–H and O–H groups in total. The van der Waals surface area contributed by atoms with Crippen molar-refractivity contribution in [2.45, 2.75) is 32.3 Å². The average Bonchev–Trinajstić information content (AvgIpc) is 2.36. The van der Waals surface area contributed by atoms with E-state index in [0.717, 1.165) is 13.4 Å². The predicted molar refractivity (Wildman–Crippen MR) is 74.2 cm³/mol. The highest BCUT2D eigenvalue weighted by molar-refractivity contribution is 6.31. The smallest absolute Gasteiger partial charge is 0.327 e. The maximum Gasteiger partial charge on any atom is 0.327 e. The van der Waals surface area contributed by atoms with Crippen molar-refractivity contribution in [3.8, 4) is 5.75 Å². The van der Waals surface area contributed by atoms with Gasteiger partial charge in [-0.25, -0.2) is 9.97 Å². The zero-order chi connectivity index (χ0) is 16.2. The van der Waals surface area contributed by atoms with Gasteiger partial charge >= 0.3 is 11.9 Å². The molecule has 0 radical (unpaired) electrons. The van der Waals surface area contributed by atoms with E-state index in [-0.39, 0.29) is 16.6 Å². The number of esters is 2.